The van der Waals surface area contributed by atoms with Crippen LogP contribution in [0.3, 0.4) is 0 Å². The lowest BCUT2D eigenvalue weighted by molar-refractivity contribution is 0.116. The number of hydrogen-bond donors (Lipinski definition) is 1. The van der Waals surface area contributed by atoms with E-state index in [0.29, 0.717) is 5.41 Å². The van der Waals surface area contributed by atoms with Gasteiger partial charge in [-0.2, -0.15) is 0 Å². The normalized spacial score (nSPS) is 21.5. The van der Waals surface area contributed by atoms with E-state index in [0.717, 1.165) is 13.1 Å². The van der Waals surface area contributed by atoms with E-state index in [9.17, 15) is 0 Å². The number of likely N-dealkylation sites (tertiary alicyclic amines) is 1. The zero-order valence-electron chi connectivity index (χ0n) is 10.4. The molecule has 0 saturated carbocycles. The Morgan fingerprint density at radius 1 is 1.40 bits per heavy atom. The van der Waals surface area contributed by atoms with Gasteiger partial charge in [-0.15, -0.1) is 6.58 Å². The minimum atomic E-state index is 0.616. The maximum absolute atomic E-state index is 3.70. The number of nitrogens with zero attached hydrogens (tertiary/aromatic N) is 1. The van der Waals surface area contributed by atoms with Gasteiger partial charge in [-0.1, -0.05) is 26.3 Å². The summed E-state index contributed by atoms with van der Waals surface area (Å²) in [7, 11) is 0. The molecule has 1 aliphatic heterocycles. The molecule has 88 valence electrons. The van der Waals surface area contributed by atoms with Crippen LogP contribution in [0.15, 0.2) is 12.7 Å². The lowest BCUT2D eigenvalue weighted by Gasteiger charge is -2.38. The third-order valence-electron chi connectivity index (χ3n) is 3.81. The van der Waals surface area contributed by atoms with E-state index in [4.69, 9.17) is 0 Å². The van der Waals surface area contributed by atoms with Crippen LogP contribution in [-0.4, -0.2) is 37.6 Å². The van der Waals surface area contributed by atoms with Gasteiger partial charge in [0.05, 0.1) is 0 Å². The predicted octanol–water partition coefficient (Wildman–Crippen LogP) is 2.27. The van der Waals surface area contributed by atoms with Gasteiger partial charge in [0.1, 0.15) is 0 Å². The summed E-state index contributed by atoms with van der Waals surface area (Å²) >= 11 is 0. The molecule has 1 heterocycles. The van der Waals surface area contributed by atoms with Crippen molar-refractivity contribution in [2.45, 2.75) is 33.1 Å². The second-order valence-corrected chi connectivity index (χ2v) is 5.00. The Hall–Kier alpha value is -0.340. The van der Waals surface area contributed by atoms with E-state index in [1.54, 1.807) is 0 Å². The zero-order chi connectivity index (χ0) is 11.1. The number of nitrogens with one attached hydrogen (secondary N) is 1. The van der Waals surface area contributed by atoms with E-state index in [2.05, 4.69) is 30.6 Å². The third kappa shape index (κ3) is 4.35. The van der Waals surface area contributed by atoms with Gasteiger partial charge in [0.2, 0.25) is 0 Å². The smallest absolute Gasteiger partial charge is 0.0132 e. The van der Waals surface area contributed by atoms with Crippen molar-refractivity contribution in [3.8, 4) is 0 Å². The van der Waals surface area contributed by atoms with Crippen LogP contribution < -0.4 is 5.32 Å². The van der Waals surface area contributed by atoms with E-state index in [1.807, 2.05) is 6.08 Å². The maximum atomic E-state index is 3.70. The summed E-state index contributed by atoms with van der Waals surface area (Å²) in [4.78, 5) is 2.58. The molecule has 0 radical (unpaired) electrons. The summed E-state index contributed by atoms with van der Waals surface area (Å²) in [5.41, 5.74) is 0.616. The van der Waals surface area contributed by atoms with Crippen molar-refractivity contribution in [2.75, 3.05) is 32.7 Å². The highest BCUT2D eigenvalue weighted by atomic mass is 15.1. The average molecular weight is 210 g/mol. The maximum Gasteiger partial charge on any atom is 0.0132 e. The Balaban J connectivity index is 2.12. The molecule has 0 amide bonds. The van der Waals surface area contributed by atoms with Crippen LogP contribution in [0, 0.1) is 5.41 Å². The zero-order valence-corrected chi connectivity index (χ0v) is 10.4. The van der Waals surface area contributed by atoms with Crippen LogP contribution >= 0.6 is 0 Å². The highest BCUT2D eigenvalue weighted by Crippen LogP contribution is 2.33. The Kier molecular flexibility index (Phi) is 5.34. The quantitative estimate of drug-likeness (QED) is 0.534. The van der Waals surface area contributed by atoms with Gasteiger partial charge in [-0.05, 0) is 31.3 Å². The molecular weight excluding hydrogens is 184 g/mol. The number of piperidine rings is 1. The second-order valence-electron chi connectivity index (χ2n) is 5.00. The summed E-state index contributed by atoms with van der Waals surface area (Å²) in [5, 5.41) is 3.36. The van der Waals surface area contributed by atoms with Crippen molar-refractivity contribution < 1.29 is 0 Å². The third-order valence-corrected chi connectivity index (χ3v) is 3.81. The van der Waals surface area contributed by atoms with Gasteiger partial charge in [-0.3, -0.25) is 0 Å². The first-order valence-electron chi connectivity index (χ1n) is 6.24. The van der Waals surface area contributed by atoms with Crippen LogP contribution in [0.2, 0.25) is 0 Å². The SMILES string of the molecule is C=CCNCCN1CCC(C)(CC)CC1. The lowest BCUT2D eigenvalue weighted by Crippen LogP contribution is -2.41. The highest BCUT2D eigenvalue weighted by Gasteiger charge is 2.27. The Morgan fingerprint density at radius 3 is 2.60 bits per heavy atom. The van der Waals surface area contributed by atoms with E-state index < -0.39 is 0 Å². The largest absolute Gasteiger partial charge is 0.312 e. The molecule has 0 aromatic heterocycles. The minimum absolute atomic E-state index is 0.616. The first-order chi connectivity index (χ1) is 7.20. The summed E-state index contributed by atoms with van der Waals surface area (Å²) in [6, 6.07) is 0. The van der Waals surface area contributed by atoms with E-state index >= 15 is 0 Å². The topological polar surface area (TPSA) is 15.3 Å². The van der Waals surface area contributed by atoms with Crippen LogP contribution in [-0.2, 0) is 0 Å². The van der Waals surface area contributed by atoms with Crippen molar-refractivity contribution in [3.63, 3.8) is 0 Å². The van der Waals surface area contributed by atoms with Gasteiger partial charge in [-0.25, -0.2) is 0 Å². The fourth-order valence-electron chi connectivity index (χ4n) is 2.11. The Labute approximate surface area is 94.7 Å². The molecule has 0 bridgehead atoms. The molecule has 0 aliphatic carbocycles. The van der Waals surface area contributed by atoms with Crippen molar-refractivity contribution in [2.24, 2.45) is 5.41 Å². The summed E-state index contributed by atoms with van der Waals surface area (Å²) in [6.07, 6.45) is 5.98. The standard InChI is InChI=1S/C13H26N2/c1-4-8-14-9-12-15-10-6-13(3,5-2)7-11-15/h4,14H,1,5-12H2,2-3H3. The van der Waals surface area contributed by atoms with Crippen molar-refractivity contribution in [3.05, 3.63) is 12.7 Å². The first-order valence-corrected chi connectivity index (χ1v) is 6.24. The number of rotatable bonds is 6. The molecule has 1 saturated heterocycles. The molecule has 15 heavy (non-hydrogen) atoms. The molecule has 0 aromatic rings. The summed E-state index contributed by atoms with van der Waals surface area (Å²) in [6.45, 7) is 14.2. The van der Waals surface area contributed by atoms with Crippen LogP contribution in [0.25, 0.3) is 0 Å². The molecule has 2 nitrogen and oxygen atoms in total. The number of hydrogen-bond acceptors (Lipinski definition) is 2. The Bertz CT molecular complexity index is 181. The minimum Gasteiger partial charge on any atom is -0.312 e. The van der Waals surface area contributed by atoms with Crippen molar-refractivity contribution >= 4 is 0 Å². The molecule has 1 aliphatic rings. The fraction of sp³-hybridized carbons (Fsp3) is 0.846. The van der Waals surface area contributed by atoms with Crippen LogP contribution in [0.5, 0.6) is 0 Å². The van der Waals surface area contributed by atoms with E-state index in [-0.39, 0.29) is 0 Å². The molecule has 0 spiro atoms. The molecule has 1 rings (SSSR count). The van der Waals surface area contributed by atoms with E-state index in [1.165, 1.54) is 38.9 Å². The van der Waals surface area contributed by atoms with Crippen LogP contribution in [0.1, 0.15) is 33.1 Å². The fourth-order valence-corrected chi connectivity index (χ4v) is 2.11. The lowest BCUT2D eigenvalue weighted by atomic mass is 9.78. The summed E-state index contributed by atoms with van der Waals surface area (Å²) in [5.74, 6) is 0. The molecule has 1 fully saturated rings. The van der Waals surface area contributed by atoms with Gasteiger partial charge in [0, 0.05) is 19.6 Å². The van der Waals surface area contributed by atoms with Crippen molar-refractivity contribution in [1.82, 2.24) is 10.2 Å². The van der Waals surface area contributed by atoms with Gasteiger partial charge in [0.25, 0.3) is 0 Å². The van der Waals surface area contributed by atoms with Gasteiger partial charge < -0.3 is 10.2 Å². The average Bonchev–Trinajstić information content (AvgIpc) is 2.27. The molecule has 2 heteroatoms. The molecule has 0 aromatic carbocycles. The highest BCUT2D eigenvalue weighted by molar-refractivity contribution is 4.81. The summed E-state index contributed by atoms with van der Waals surface area (Å²) < 4.78 is 0. The monoisotopic (exact) mass is 210 g/mol. The second kappa shape index (κ2) is 6.29. The van der Waals surface area contributed by atoms with Crippen molar-refractivity contribution in [1.29, 1.82) is 0 Å². The molecule has 0 atom stereocenters. The molecule has 1 N–H and O–H groups in total. The van der Waals surface area contributed by atoms with Crippen LogP contribution in [0.4, 0.5) is 0 Å². The molecule has 0 unspecified atom stereocenters. The van der Waals surface area contributed by atoms with Gasteiger partial charge >= 0.3 is 0 Å². The predicted molar refractivity (Wildman–Crippen MR) is 67.1 cm³/mol. The first kappa shape index (κ1) is 12.7. The molecular formula is C13H26N2. The Morgan fingerprint density at radius 2 is 2.07 bits per heavy atom. The van der Waals surface area contributed by atoms with Gasteiger partial charge in [0.15, 0.2) is 0 Å².